The smallest absolute Gasteiger partial charge is 0.0998 e. The number of hydrogen-bond acceptors (Lipinski definition) is 2. The number of hydrogen-bond donors (Lipinski definition) is 0. The number of nitriles is 1. The van der Waals surface area contributed by atoms with Gasteiger partial charge in [-0.05, 0) is 35.0 Å². The Morgan fingerprint density at radius 1 is 0.889 bits per heavy atom. The van der Waals surface area contributed by atoms with E-state index in [4.69, 9.17) is 0 Å². The van der Waals surface area contributed by atoms with Crippen molar-refractivity contribution in [1.82, 2.24) is 4.98 Å². The molecule has 84 valence electrons. The normalized spacial score (nSPS) is 10.2. The molecule has 0 N–H and O–H groups in total. The lowest BCUT2D eigenvalue weighted by molar-refractivity contribution is 1.32. The van der Waals surface area contributed by atoms with E-state index in [1.807, 2.05) is 54.6 Å². The molecule has 3 rings (SSSR count). The van der Waals surface area contributed by atoms with Crippen molar-refractivity contribution in [2.24, 2.45) is 0 Å². The van der Waals surface area contributed by atoms with Crippen LogP contribution in [0.4, 0.5) is 0 Å². The van der Waals surface area contributed by atoms with Crippen LogP contribution in [0.2, 0.25) is 0 Å². The molecule has 0 unspecified atom stereocenters. The summed E-state index contributed by atoms with van der Waals surface area (Å²) < 4.78 is 0. The van der Waals surface area contributed by atoms with Crippen LogP contribution < -0.4 is 0 Å². The first-order valence-electron chi connectivity index (χ1n) is 5.73. The third-order valence-corrected chi connectivity index (χ3v) is 2.95. The molecule has 18 heavy (non-hydrogen) atoms. The van der Waals surface area contributed by atoms with Crippen LogP contribution in [0.25, 0.3) is 22.0 Å². The summed E-state index contributed by atoms with van der Waals surface area (Å²) in [5.74, 6) is 0. The largest absolute Gasteiger partial charge is 0.256 e. The van der Waals surface area contributed by atoms with E-state index in [1.54, 1.807) is 6.20 Å². The first kappa shape index (κ1) is 10.5. The highest BCUT2D eigenvalue weighted by atomic mass is 14.7. The molecule has 0 atom stereocenters. The molecule has 0 aliphatic rings. The van der Waals surface area contributed by atoms with Gasteiger partial charge in [0, 0.05) is 11.8 Å². The molecule has 1 aromatic heterocycles. The minimum Gasteiger partial charge on any atom is -0.256 e. The number of fused-ring (bicyclic) bond motifs is 1. The molecule has 0 saturated heterocycles. The van der Waals surface area contributed by atoms with E-state index in [0.29, 0.717) is 5.56 Å². The predicted octanol–water partition coefficient (Wildman–Crippen LogP) is 3.77. The Morgan fingerprint density at radius 2 is 1.61 bits per heavy atom. The third-order valence-electron chi connectivity index (χ3n) is 2.95. The molecular weight excluding hydrogens is 220 g/mol. The Bertz CT molecular complexity index is 740. The molecule has 3 aromatic rings. The van der Waals surface area contributed by atoms with Crippen molar-refractivity contribution in [1.29, 1.82) is 5.26 Å². The van der Waals surface area contributed by atoms with Crippen molar-refractivity contribution in [2.75, 3.05) is 0 Å². The quantitative estimate of drug-likeness (QED) is 0.638. The Labute approximate surface area is 105 Å². The zero-order chi connectivity index (χ0) is 12.4. The average molecular weight is 230 g/mol. The van der Waals surface area contributed by atoms with Crippen LogP contribution in [0, 0.1) is 11.3 Å². The van der Waals surface area contributed by atoms with Gasteiger partial charge >= 0.3 is 0 Å². The van der Waals surface area contributed by atoms with Crippen LogP contribution in [0.5, 0.6) is 0 Å². The summed E-state index contributed by atoms with van der Waals surface area (Å²) in [7, 11) is 0. The van der Waals surface area contributed by atoms with E-state index in [0.717, 1.165) is 22.0 Å². The molecule has 0 bridgehead atoms. The second kappa shape index (κ2) is 4.31. The topological polar surface area (TPSA) is 36.7 Å². The molecule has 2 aromatic carbocycles. The van der Waals surface area contributed by atoms with Crippen LogP contribution in [-0.2, 0) is 0 Å². The van der Waals surface area contributed by atoms with E-state index in [1.165, 1.54) is 0 Å². The highest BCUT2D eigenvalue weighted by molar-refractivity contribution is 5.89. The fourth-order valence-corrected chi connectivity index (χ4v) is 2.07. The zero-order valence-electron chi connectivity index (χ0n) is 9.67. The first-order valence-corrected chi connectivity index (χ1v) is 5.73. The second-order valence-electron chi connectivity index (χ2n) is 4.07. The van der Waals surface area contributed by atoms with Crippen molar-refractivity contribution in [3.63, 3.8) is 0 Å². The fraction of sp³-hybridized carbons (Fsp3) is 0. The van der Waals surface area contributed by atoms with Gasteiger partial charge in [0.2, 0.25) is 0 Å². The molecule has 0 spiro atoms. The lowest BCUT2D eigenvalue weighted by Gasteiger charge is -2.05. The standard InChI is InChI=1S/C16H10N2/c17-11-14-9-12-5-1-2-6-13(12)10-15(14)16-7-3-4-8-18-16/h1-10H. The van der Waals surface area contributed by atoms with Gasteiger partial charge < -0.3 is 0 Å². The predicted molar refractivity (Wildman–Crippen MR) is 71.9 cm³/mol. The van der Waals surface area contributed by atoms with Crippen LogP contribution in [0.1, 0.15) is 5.56 Å². The maximum atomic E-state index is 9.26. The second-order valence-corrected chi connectivity index (χ2v) is 4.07. The van der Waals surface area contributed by atoms with Crippen LogP contribution in [0.15, 0.2) is 60.8 Å². The molecule has 1 heterocycles. The third kappa shape index (κ3) is 1.72. The highest BCUT2D eigenvalue weighted by Gasteiger charge is 2.07. The molecular formula is C16H10N2. The molecule has 2 heteroatoms. The fourth-order valence-electron chi connectivity index (χ4n) is 2.07. The highest BCUT2D eigenvalue weighted by Crippen LogP contribution is 2.26. The van der Waals surface area contributed by atoms with Crippen molar-refractivity contribution in [2.45, 2.75) is 0 Å². The van der Waals surface area contributed by atoms with Crippen LogP contribution in [-0.4, -0.2) is 4.98 Å². The summed E-state index contributed by atoms with van der Waals surface area (Å²) in [6.45, 7) is 0. The Balaban J connectivity index is 2.32. The summed E-state index contributed by atoms with van der Waals surface area (Å²) in [4.78, 5) is 4.31. The maximum absolute atomic E-state index is 9.26. The molecule has 0 saturated carbocycles. The summed E-state index contributed by atoms with van der Waals surface area (Å²) in [6.07, 6.45) is 1.74. The number of rotatable bonds is 1. The molecule has 0 aliphatic carbocycles. The lowest BCUT2D eigenvalue weighted by atomic mass is 9.99. The van der Waals surface area contributed by atoms with Gasteiger partial charge in [-0.2, -0.15) is 5.26 Å². The Kier molecular flexibility index (Phi) is 2.51. The summed E-state index contributed by atoms with van der Waals surface area (Å²) >= 11 is 0. The van der Waals surface area contributed by atoms with Gasteiger partial charge in [-0.1, -0.05) is 30.3 Å². The van der Waals surface area contributed by atoms with E-state index >= 15 is 0 Å². The monoisotopic (exact) mass is 230 g/mol. The van der Waals surface area contributed by atoms with Gasteiger partial charge in [-0.3, -0.25) is 4.98 Å². The molecule has 0 radical (unpaired) electrons. The molecule has 0 fully saturated rings. The van der Waals surface area contributed by atoms with Crippen molar-refractivity contribution >= 4 is 10.8 Å². The summed E-state index contributed by atoms with van der Waals surface area (Å²) in [6, 6.07) is 19.9. The average Bonchev–Trinajstić information content (AvgIpc) is 2.46. The van der Waals surface area contributed by atoms with Crippen LogP contribution >= 0.6 is 0 Å². The van der Waals surface area contributed by atoms with Gasteiger partial charge in [0.05, 0.1) is 17.3 Å². The van der Waals surface area contributed by atoms with Crippen molar-refractivity contribution in [3.8, 4) is 17.3 Å². The lowest BCUT2D eigenvalue weighted by Crippen LogP contribution is -1.88. The molecule has 0 amide bonds. The van der Waals surface area contributed by atoms with Gasteiger partial charge in [0.25, 0.3) is 0 Å². The van der Waals surface area contributed by atoms with Gasteiger partial charge in [-0.15, -0.1) is 0 Å². The molecule has 0 aliphatic heterocycles. The van der Waals surface area contributed by atoms with Crippen molar-refractivity contribution < 1.29 is 0 Å². The van der Waals surface area contributed by atoms with E-state index < -0.39 is 0 Å². The zero-order valence-corrected chi connectivity index (χ0v) is 9.67. The maximum Gasteiger partial charge on any atom is 0.0998 e. The first-order chi connectivity index (χ1) is 8.88. The molecule has 2 nitrogen and oxygen atoms in total. The Morgan fingerprint density at radius 3 is 2.28 bits per heavy atom. The van der Waals surface area contributed by atoms with E-state index in [9.17, 15) is 5.26 Å². The van der Waals surface area contributed by atoms with Gasteiger partial charge in [-0.25, -0.2) is 0 Å². The number of nitrogens with zero attached hydrogens (tertiary/aromatic N) is 2. The van der Waals surface area contributed by atoms with Gasteiger partial charge in [0.1, 0.15) is 0 Å². The SMILES string of the molecule is N#Cc1cc2ccccc2cc1-c1ccccn1. The number of benzene rings is 2. The number of pyridine rings is 1. The van der Waals surface area contributed by atoms with E-state index in [-0.39, 0.29) is 0 Å². The van der Waals surface area contributed by atoms with Crippen LogP contribution in [0.3, 0.4) is 0 Å². The number of aromatic nitrogens is 1. The van der Waals surface area contributed by atoms with Gasteiger partial charge in [0.15, 0.2) is 0 Å². The minimum atomic E-state index is 0.660. The van der Waals surface area contributed by atoms with E-state index in [2.05, 4.69) is 11.1 Å². The Hall–Kier alpha value is -2.66. The summed E-state index contributed by atoms with van der Waals surface area (Å²) in [5.41, 5.74) is 2.38. The minimum absolute atomic E-state index is 0.660. The summed E-state index contributed by atoms with van der Waals surface area (Å²) in [5, 5.41) is 11.5. The van der Waals surface area contributed by atoms with Crippen molar-refractivity contribution in [3.05, 3.63) is 66.4 Å².